The summed E-state index contributed by atoms with van der Waals surface area (Å²) in [5.41, 5.74) is 4.88. The second kappa shape index (κ2) is 6.39. The minimum Gasteiger partial charge on any atom is -0.362 e. The summed E-state index contributed by atoms with van der Waals surface area (Å²) < 4.78 is 0.299. The van der Waals surface area contributed by atoms with Crippen LogP contribution in [0.2, 0.25) is 0 Å². The summed E-state index contributed by atoms with van der Waals surface area (Å²) in [6.45, 7) is 1.94. The Morgan fingerprint density at radius 2 is 2.04 bits per heavy atom. The number of carbonyl (C=O) groups excluding carboxylic acids is 2. The van der Waals surface area contributed by atoms with Gasteiger partial charge in [-0.3, -0.25) is 15.0 Å². The number of aryl methyl sites for hydroxylation is 1. The highest BCUT2D eigenvalue weighted by Gasteiger charge is 2.33. The fourth-order valence-corrected chi connectivity index (χ4v) is 3.18. The molecule has 23 heavy (non-hydrogen) atoms. The SMILES string of the molecule is Cc1ccc(C(=O)NN2C(=O)C(=Cc3ccc[nH]3)SC2=S)cc1. The van der Waals surface area contributed by atoms with Crippen LogP contribution < -0.4 is 5.43 Å². The van der Waals surface area contributed by atoms with E-state index in [9.17, 15) is 9.59 Å². The molecular formula is C16H13N3O2S2. The Morgan fingerprint density at radius 3 is 2.70 bits per heavy atom. The fourth-order valence-electron chi connectivity index (χ4n) is 2.01. The van der Waals surface area contributed by atoms with Gasteiger partial charge < -0.3 is 4.98 Å². The van der Waals surface area contributed by atoms with Gasteiger partial charge >= 0.3 is 0 Å². The molecule has 0 atom stereocenters. The molecule has 7 heteroatoms. The van der Waals surface area contributed by atoms with Gasteiger partial charge in [0.15, 0.2) is 4.32 Å². The first-order chi connectivity index (χ1) is 11.0. The van der Waals surface area contributed by atoms with Gasteiger partial charge in [0.2, 0.25) is 0 Å². The molecule has 1 aromatic heterocycles. The van der Waals surface area contributed by atoms with Crippen molar-refractivity contribution in [3.05, 3.63) is 64.3 Å². The number of aromatic amines is 1. The number of H-pyrrole nitrogens is 1. The van der Waals surface area contributed by atoms with Gasteiger partial charge in [-0.1, -0.05) is 29.5 Å². The number of thioether (sulfide) groups is 1. The first kappa shape index (κ1) is 15.5. The van der Waals surface area contributed by atoms with E-state index >= 15 is 0 Å². The molecular weight excluding hydrogens is 330 g/mol. The minimum absolute atomic E-state index is 0.299. The molecule has 2 N–H and O–H groups in total. The molecule has 0 aliphatic carbocycles. The van der Waals surface area contributed by atoms with Gasteiger partial charge in [-0.05, 0) is 49.5 Å². The lowest BCUT2D eigenvalue weighted by atomic mass is 10.1. The number of nitrogens with zero attached hydrogens (tertiary/aromatic N) is 1. The van der Waals surface area contributed by atoms with Crippen molar-refractivity contribution >= 4 is 46.2 Å². The summed E-state index contributed by atoms with van der Waals surface area (Å²) in [6, 6.07) is 10.8. The lowest BCUT2D eigenvalue weighted by Gasteiger charge is -2.15. The first-order valence-corrected chi connectivity index (χ1v) is 8.06. The van der Waals surface area contributed by atoms with Gasteiger partial charge in [-0.25, -0.2) is 0 Å². The lowest BCUT2D eigenvalue weighted by molar-refractivity contribution is -0.123. The van der Waals surface area contributed by atoms with Crippen LogP contribution in [0.25, 0.3) is 6.08 Å². The number of hydrogen-bond donors (Lipinski definition) is 2. The topological polar surface area (TPSA) is 65.2 Å². The van der Waals surface area contributed by atoms with Gasteiger partial charge in [-0.15, -0.1) is 0 Å². The van der Waals surface area contributed by atoms with E-state index < -0.39 is 0 Å². The number of hydrazine groups is 1. The standard InChI is InChI=1S/C16H13N3O2S2/c1-10-4-6-11(7-5-10)14(20)18-19-15(21)13(23-16(19)22)9-12-3-2-8-17-12/h2-9,17H,1H3,(H,18,20). The zero-order chi connectivity index (χ0) is 16.4. The lowest BCUT2D eigenvalue weighted by Crippen LogP contribution is -2.44. The van der Waals surface area contributed by atoms with E-state index in [1.807, 2.05) is 31.2 Å². The molecule has 1 aromatic carbocycles. The molecule has 0 saturated carbocycles. The third-order valence-corrected chi connectivity index (χ3v) is 4.53. The quantitative estimate of drug-likeness (QED) is 0.664. The average molecular weight is 343 g/mol. The number of nitrogens with one attached hydrogen (secondary N) is 2. The zero-order valence-electron chi connectivity index (χ0n) is 12.2. The van der Waals surface area contributed by atoms with Crippen molar-refractivity contribution in [1.82, 2.24) is 15.4 Å². The summed E-state index contributed by atoms with van der Waals surface area (Å²) in [4.78, 5) is 28.1. The van der Waals surface area contributed by atoms with E-state index in [0.717, 1.165) is 28.0 Å². The maximum absolute atomic E-state index is 12.4. The van der Waals surface area contributed by atoms with Crippen molar-refractivity contribution < 1.29 is 9.59 Å². The highest BCUT2D eigenvalue weighted by atomic mass is 32.2. The molecule has 2 amide bonds. The molecule has 0 unspecified atom stereocenters. The number of aromatic nitrogens is 1. The van der Waals surface area contributed by atoms with Crippen LogP contribution in [0.5, 0.6) is 0 Å². The Morgan fingerprint density at radius 1 is 1.30 bits per heavy atom. The van der Waals surface area contributed by atoms with E-state index in [2.05, 4.69) is 10.4 Å². The van der Waals surface area contributed by atoms with E-state index in [1.165, 1.54) is 0 Å². The summed E-state index contributed by atoms with van der Waals surface area (Å²) in [7, 11) is 0. The van der Waals surface area contributed by atoms with E-state index in [0.29, 0.717) is 14.8 Å². The Balaban J connectivity index is 1.75. The Kier molecular flexibility index (Phi) is 4.31. The molecule has 3 rings (SSSR count). The normalized spacial score (nSPS) is 16.2. The number of hydrogen-bond acceptors (Lipinski definition) is 4. The van der Waals surface area contributed by atoms with Crippen molar-refractivity contribution in [3.63, 3.8) is 0 Å². The number of rotatable bonds is 3. The third-order valence-electron chi connectivity index (χ3n) is 3.23. The monoisotopic (exact) mass is 343 g/mol. The van der Waals surface area contributed by atoms with Gasteiger partial charge in [0, 0.05) is 17.5 Å². The maximum atomic E-state index is 12.4. The highest BCUT2D eigenvalue weighted by Crippen LogP contribution is 2.31. The van der Waals surface area contributed by atoms with Crippen LogP contribution in [-0.2, 0) is 4.79 Å². The van der Waals surface area contributed by atoms with Crippen molar-refractivity contribution in [3.8, 4) is 0 Å². The number of benzene rings is 1. The molecule has 2 aromatic rings. The van der Waals surface area contributed by atoms with Crippen LogP contribution in [0.4, 0.5) is 0 Å². The van der Waals surface area contributed by atoms with Crippen LogP contribution >= 0.6 is 24.0 Å². The van der Waals surface area contributed by atoms with Crippen LogP contribution in [0.1, 0.15) is 21.6 Å². The summed E-state index contributed by atoms with van der Waals surface area (Å²) in [6.07, 6.45) is 3.48. The smallest absolute Gasteiger partial charge is 0.285 e. The molecule has 1 saturated heterocycles. The molecule has 1 aliphatic rings. The minimum atomic E-state index is -0.373. The highest BCUT2D eigenvalue weighted by molar-refractivity contribution is 8.26. The summed E-state index contributed by atoms with van der Waals surface area (Å²) in [5.74, 6) is -0.711. The van der Waals surface area contributed by atoms with Crippen LogP contribution in [-0.4, -0.2) is 26.1 Å². The van der Waals surface area contributed by atoms with Crippen molar-refractivity contribution in [2.45, 2.75) is 6.92 Å². The molecule has 1 fully saturated rings. The summed E-state index contributed by atoms with van der Waals surface area (Å²) >= 11 is 6.34. The first-order valence-electron chi connectivity index (χ1n) is 6.83. The van der Waals surface area contributed by atoms with Gasteiger partial charge in [0.05, 0.1) is 4.91 Å². The number of amides is 2. The van der Waals surface area contributed by atoms with Crippen molar-refractivity contribution in [2.24, 2.45) is 0 Å². The average Bonchev–Trinajstić information content (AvgIpc) is 3.12. The zero-order valence-corrected chi connectivity index (χ0v) is 13.8. The second-order valence-electron chi connectivity index (χ2n) is 4.95. The van der Waals surface area contributed by atoms with Crippen molar-refractivity contribution in [1.29, 1.82) is 0 Å². The Labute approximate surface area is 142 Å². The molecule has 0 radical (unpaired) electrons. The largest absolute Gasteiger partial charge is 0.362 e. The van der Waals surface area contributed by atoms with Gasteiger partial charge in [0.1, 0.15) is 0 Å². The van der Waals surface area contributed by atoms with E-state index in [1.54, 1.807) is 24.4 Å². The van der Waals surface area contributed by atoms with Gasteiger partial charge in [0.25, 0.3) is 11.8 Å². The predicted molar refractivity (Wildman–Crippen MR) is 94.4 cm³/mol. The molecule has 0 bridgehead atoms. The molecule has 2 heterocycles. The van der Waals surface area contributed by atoms with Crippen LogP contribution in [0.3, 0.4) is 0 Å². The fraction of sp³-hybridized carbons (Fsp3) is 0.0625. The third kappa shape index (κ3) is 3.35. The Bertz CT molecular complexity index is 795. The van der Waals surface area contributed by atoms with E-state index in [-0.39, 0.29) is 11.8 Å². The number of thiocarbonyl (C=S) groups is 1. The van der Waals surface area contributed by atoms with Crippen LogP contribution in [0, 0.1) is 6.92 Å². The van der Waals surface area contributed by atoms with Crippen LogP contribution in [0.15, 0.2) is 47.5 Å². The van der Waals surface area contributed by atoms with Gasteiger partial charge in [-0.2, -0.15) is 5.01 Å². The maximum Gasteiger partial charge on any atom is 0.285 e. The molecule has 1 aliphatic heterocycles. The Hall–Kier alpha value is -2.38. The predicted octanol–water partition coefficient (Wildman–Crippen LogP) is 2.87. The van der Waals surface area contributed by atoms with Crippen molar-refractivity contribution in [2.75, 3.05) is 0 Å². The number of carbonyl (C=O) groups is 2. The molecule has 116 valence electrons. The molecule has 5 nitrogen and oxygen atoms in total. The van der Waals surface area contributed by atoms with E-state index in [4.69, 9.17) is 12.2 Å². The second-order valence-corrected chi connectivity index (χ2v) is 6.63. The molecule has 0 spiro atoms. The summed E-state index contributed by atoms with van der Waals surface area (Å²) in [5, 5.41) is 1.11.